The number of nitrogens with two attached hydrogens (primary N) is 1. The first kappa shape index (κ1) is 7.88. The van der Waals surface area contributed by atoms with Crippen molar-refractivity contribution >= 4 is 0 Å². The molecule has 3 nitrogen and oxygen atoms in total. The molecule has 1 aromatic rings. The van der Waals surface area contributed by atoms with Crippen LogP contribution in [-0.4, -0.2) is 16.8 Å². The highest BCUT2D eigenvalue weighted by Crippen LogP contribution is 2.24. The Bertz CT molecular complexity index is 248. The van der Waals surface area contributed by atoms with Gasteiger partial charge in [-0.15, -0.1) is 0 Å². The molecule has 0 saturated carbocycles. The SMILES string of the molecule is N[13CH2][13CH2][13c]1[13cH][13cH][13c](O)[13c](O)[13cH]1. The lowest BCUT2D eigenvalue weighted by molar-refractivity contribution is 0.403. The van der Waals surface area contributed by atoms with Gasteiger partial charge in [0.25, 0.3) is 0 Å². The van der Waals surface area contributed by atoms with E-state index in [2.05, 4.69) is 0 Å². The third-order valence-corrected chi connectivity index (χ3v) is 1.47. The van der Waals surface area contributed by atoms with Crippen LogP contribution in [0, 0.1) is 0 Å². The van der Waals surface area contributed by atoms with E-state index < -0.39 is 0 Å². The van der Waals surface area contributed by atoms with Crippen LogP contribution < -0.4 is 5.73 Å². The molecule has 0 radical (unpaired) electrons. The van der Waals surface area contributed by atoms with Gasteiger partial charge in [0.05, 0.1) is 0 Å². The van der Waals surface area contributed by atoms with Crippen molar-refractivity contribution in [2.75, 3.05) is 6.54 Å². The van der Waals surface area contributed by atoms with Gasteiger partial charge in [-0.2, -0.15) is 0 Å². The Hall–Kier alpha value is -1.22. The molecule has 0 aliphatic carbocycles. The number of phenols is 2. The number of benzene rings is 1. The smallest absolute Gasteiger partial charge is 0.157 e. The highest BCUT2D eigenvalue weighted by Gasteiger charge is 1.98. The Morgan fingerprint density at radius 3 is 2.45 bits per heavy atom. The highest BCUT2D eigenvalue weighted by molar-refractivity contribution is 5.40. The van der Waals surface area contributed by atoms with Crippen LogP contribution in [-0.2, 0) is 6.42 Å². The van der Waals surface area contributed by atoms with Crippen molar-refractivity contribution in [1.29, 1.82) is 0 Å². The second-order valence-electron chi connectivity index (χ2n) is 2.36. The minimum absolute atomic E-state index is 0.0871. The second-order valence-corrected chi connectivity index (χ2v) is 2.36. The van der Waals surface area contributed by atoms with Crippen molar-refractivity contribution in [3.05, 3.63) is 23.8 Å². The molecule has 0 aliphatic heterocycles. The first-order chi connectivity index (χ1) is 5.24. The Morgan fingerprint density at radius 1 is 1.18 bits per heavy atom. The van der Waals surface area contributed by atoms with Crippen LogP contribution in [0.3, 0.4) is 0 Å². The van der Waals surface area contributed by atoms with E-state index >= 15 is 0 Å². The molecule has 1 rings (SSSR count). The molecular weight excluding hydrogens is 150 g/mol. The van der Waals surface area contributed by atoms with Crippen LogP contribution in [0.1, 0.15) is 5.56 Å². The molecule has 0 saturated heterocycles. The molecule has 0 aromatic heterocycles. The van der Waals surface area contributed by atoms with Crippen LogP contribution in [0.2, 0.25) is 0 Å². The Balaban J connectivity index is 2.86. The summed E-state index contributed by atoms with van der Waals surface area (Å²) in [6.07, 6.45) is 0.716. The van der Waals surface area contributed by atoms with Gasteiger partial charge in [-0.1, -0.05) is 6.07 Å². The van der Waals surface area contributed by atoms with Gasteiger partial charge in [-0.3, -0.25) is 0 Å². The largest absolute Gasteiger partial charge is 0.504 e. The summed E-state index contributed by atoms with van der Waals surface area (Å²) < 4.78 is 0. The van der Waals surface area contributed by atoms with E-state index in [1.807, 2.05) is 0 Å². The molecule has 0 heterocycles. The predicted octanol–water partition coefficient (Wildman–Crippen LogP) is 0.599. The highest BCUT2D eigenvalue weighted by atomic mass is 16.4. The Morgan fingerprint density at radius 2 is 1.91 bits per heavy atom. The van der Waals surface area contributed by atoms with Gasteiger partial charge in [-0.25, -0.2) is 0 Å². The third-order valence-electron chi connectivity index (χ3n) is 1.47. The average Bonchev–Trinajstić information content (AvgIpc) is 1.98. The minimum atomic E-state index is -0.0919. The molecular formula is C8H11NO2. The van der Waals surface area contributed by atoms with Crippen LogP contribution in [0.15, 0.2) is 18.2 Å². The first-order valence-corrected chi connectivity index (χ1v) is 3.45. The molecule has 0 unspecified atom stereocenters. The van der Waals surface area contributed by atoms with E-state index in [4.69, 9.17) is 15.9 Å². The molecule has 0 amide bonds. The van der Waals surface area contributed by atoms with E-state index in [-0.39, 0.29) is 11.5 Å². The molecule has 4 N–H and O–H groups in total. The van der Waals surface area contributed by atoms with Crippen molar-refractivity contribution in [2.45, 2.75) is 6.42 Å². The van der Waals surface area contributed by atoms with Crippen LogP contribution in [0.5, 0.6) is 11.5 Å². The molecule has 0 aliphatic rings. The van der Waals surface area contributed by atoms with Crippen LogP contribution in [0.4, 0.5) is 0 Å². The summed E-state index contributed by atoms with van der Waals surface area (Å²) in [7, 11) is 0. The number of aromatic hydroxyl groups is 2. The fraction of sp³-hybridized carbons (Fsp3) is 0.250. The summed E-state index contributed by atoms with van der Waals surface area (Å²) in [4.78, 5) is 0. The maximum atomic E-state index is 9.04. The monoisotopic (exact) mass is 161 g/mol. The average molecular weight is 161 g/mol. The maximum Gasteiger partial charge on any atom is 0.157 e. The lowest BCUT2D eigenvalue weighted by Gasteiger charge is -2.00. The quantitative estimate of drug-likeness (QED) is 0.439. The Labute approximate surface area is 65.1 Å². The van der Waals surface area contributed by atoms with Gasteiger partial charge in [0, 0.05) is 0 Å². The molecule has 60 valence electrons. The summed E-state index contributed by atoms with van der Waals surface area (Å²) in [6.45, 7) is 0.546. The minimum Gasteiger partial charge on any atom is -0.504 e. The van der Waals surface area contributed by atoms with E-state index in [9.17, 15) is 0 Å². The fourth-order valence-corrected chi connectivity index (χ4v) is 0.891. The number of hydrogen-bond acceptors (Lipinski definition) is 3. The molecule has 0 atom stereocenters. The summed E-state index contributed by atoms with van der Waals surface area (Å²) >= 11 is 0. The fourth-order valence-electron chi connectivity index (χ4n) is 0.891. The van der Waals surface area contributed by atoms with Crippen LogP contribution >= 0.6 is 0 Å². The summed E-state index contributed by atoms with van der Waals surface area (Å²) in [5, 5.41) is 18.0. The van der Waals surface area contributed by atoms with E-state index in [0.29, 0.717) is 13.0 Å². The third kappa shape index (κ3) is 1.85. The number of rotatable bonds is 2. The van der Waals surface area contributed by atoms with E-state index in [1.54, 1.807) is 6.07 Å². The number of phenolic OH excluding ortho intramolecular Hbond substituents is 2. The normalized spacial score (nSPS) is 9.91. The zero-order valence-corrected chi connectivity index (χ0v) is 6.12. The van der Waals surface area contributed by atoms with Crippen molar-refractivity contribution in [3.63, 3.8) is 0 Å². The molecule has 11 heavy (non-hydrogen) atoms. The van der Waals surface area contributed by atoms with Crippen molar-refractivity contribution < 1.29 is 10.2 Å². The standard InChI is InChI=1S/C8H11NO2/c9-4-3-6-1-2-7(10)8(11)5-6/h1-2,5,10-11H,3-4,9H2/i1+1,2+1,3+1,4+1,5+1,6+1,7+1,8+1. The van der Waals surface area contributed by atoms with Gasteiger partial charge in [0.1, 0.15) is 0 Å². The van der Waals surface area contributed by atoms with Crippen molar-refractivity contribution in [1.82, 2.24) is 0 Å². The first-order valence-electron chi connectivity index (χ1n) is 3.45. The second kappa shape index (κ2) is 3.25. The summed E-state index contributed by atoms with van der Waals surface area (Å²) in [6, 6.07) is 4.71. The topological polar surface area (TPSA) is 66.5 Å². The molecule has 1 aromatic carbocycles. The Kier molecular flexibility index (Phi) is 2.33. The van der Waals surface area contributed by atoms with Crippen molar-refractivity contribution in [3.8, 4) is 11.5 Å². The molecule has 0 fully saturated rings. The van der Waals surface area contributed by atoms with Crippen LogP contribution in [0.25, 0.3) is 0 Å². The van der Waals surface area contributed by atoms with Gasteiger partial charge in [-0.05, 0) is 30.7 Å². The van der Waals surface area contributed by atoms with E-state index in [0.717, 1.165) is 5.56 Å². The lowest BCUT2D eigenvalue weighted by Crippen LogP contribution is -2.02. The van der Waals surface area contributed by atoms with Crippen molar-refractivity contribution in [2.24, 2.45) is 5.73 Å². The summed E-state index contributed by atoms with van der Waals surface area (Å²) in [5.74, 6) is -0.179. The number of hydrogen-bond donors (Lipinski definition) is 3. The zero-order valence-electron chi connectivity index (χ0n) is 6.12. The van der Waals surface area contributed by atoms with Gasteiger partial charge < -0.3 is 15.9 Å². The molecule has 0 spiro atoms. The maximum absolute atomic E-state index is 9.04. The van der Waals surface area contributed by atoms with Gasteiger partial charge in [0.15, 0.2) is 11.5 Å². The van der Waals surface area contributed by atoms with E-state index in [1.165, 1.54) is 12.1 Å². The predicted molar refractivity (Wildman–Crippen MR) is 42.5 cm³/mol. The summed E-state index contributed by atoms with van der Waals surface area (Å²) in [5.41, 5.74) is 6.24. The zero-order chi connectivity index (χ0) is 8.27. The van der Waals surface area contributed by atoms with Gasteiger partial charge in [0.2, 0.25) is 0 Å². The van der Waals surface area contributed by atoms with Gasteiger partial charge >= 0.3 is 0 Å². The molecule has 3 heteroatoms. The molecule has 0 bridgehead atoms. The lowest BCUT2D eigenvalue weighted by atomic mass is 11.1.